The van der Waals surface area contributed by atoms with E-state index < -0.39 is 5.82 Å². The monoisotopic (exact) mass is 258 g/mol. The average molecular weight is 258 g/mol. The molecule has 0 saturated heterocycles. The SMILES string of the molecule is C[C@H](NC(=O)c1ccc(F)c(N)c1)c1ccccc1. The Morgan fingerprint density at radius 3 is 2.53 bits per heavy atom. The number of nitrogen functional groups attached to an aromatic ring is 1. The smallest absolute Gasteiger partial charge is 0.251 e. The summed E-state index contributed by atoms with van der Waals surface area (Å²) in [6.07, 6.45) is 0. The molecule has 0 saturated carbocycles. The zero-order chi connectivity index (χ0) is 13.8. The predicted octanol–water partition coefficient (Wildman–Crippen LogP) is 2.90. The van der Waals surface area contributed by atoms with Crippen LogP contribution >= 0.6 is 0 Å². The first-order valence-electron chi connectivity index (χ1n) is 5.99. The van der Waals surface area contributed by atoms with Crippen molar-refractivity contribution in [3.8, 4) is 0 Å². The molecule has 0 spiro atoms. The third-order valence-electron chi connectivity index (χ3n) is 2.91. The van der Waals surface area contributed by atoms with Gasteiger partial charge in [0.15, 0.2) is 0 Å². The fraction of sp³-hybridized carbons (Fsp3) is 0.133. The molecule has 4 heteroatoms. The molecular weight excluding hydrogens is 243 g/mol. The van der Waals surface area contributed by atoms with Crippen molar-refractivity contribution in [1.82, 2.24) is 5.32 Å². The number of hydrogen-bond acceptors (Lipinski definition) is 2. The van der Waals surface area contributed by atoms with Crippen molar-refractivity contribution in [2.24, 2.45) is 0 Å². The highest BCUT2D eigenvalue weighted by molar-refractivity contribution is 5.95. The lowest BCUT2D eigenvalue weighted by Gasteiger charge is -2.14. The van der Waals surface area contributed by atoms with E-state index in [1.807, 2.05) is 37.3 Å². The van der Waals surface area contributed by atoms with Crippen LogP contribution in [0.2, 0.25) is 0 Å². The van der Waals surface area contributed by atoms with Gasteiger partial charge in [-0.3, -0.25) is 4.79 Å². The molecule has 3 nitrogen and oxygen atoms in total. The molecule has 0 fully saturated rings. The zero-order valence-corrected chi connectivity index (χ0v) is 10.6. The molecule has 0 unspecified atom stereocenters. The number of amides is 1. The number of carbonyl (C=O) groups excluding carboxylic acids is 1. The minimum Gasteiger partial charge on any atom is -0.396 e. The Morgan fingerprint density at radius 2 is 1.89 bits per heavy atom. The van der Waals surface area contributed by atoms with Crippen molar-refractivity contribution in [2.75, 3.05) is 5.73 Å². The Morgan fingerprint density at radius 1 is 1.21 bits per heavy atom. The van der Waals surface area contributed by atoms with Gasteiger partial charge in [0.2, 0.25) is 0 Å². The van der Waals surface area contributed by atoms with E-state index in [1.54, 1.807) is 0 Å². The van der Waals surface area contributed by atoms with Crippen molar-refractivity contribution < 1.29 is 9.18 Å². The van der Waals surface area contributed by atoms with Crippen LogP contribution < -0.4 is 11.1 Å². The summed E-state index contributed by atoms with van der Waals surface area (Å²) in [4.78, 5) is 12.0. The van der Waals surface area contributed by atoms with Crippen LogP contribution in [-0.4, -0.2) is 5.91 Å². The van der Waals surface area contributed by atoms with Gasteiger partial charge in [-0.05, 0) is 30.7 Å². The molecule has 0 heterocycles. The van der Waals surface area contributed by atoms with Crippen LogP contribution in [-0.2, 0) is 0 Å². The van der Waals surface area contributed by atoms with E-state index in [1.165, 1.54) is 18.2 Å². The third kappa shape index (κ3) is 3.10. The standard InChI is InChI=1S/C15H15FN2O/c1-10(11-5-3-2-4-6-11)18-15(19)12-7-8-13(16)14(17)9-12/h2-10H,17H2,1H3,(H,18,19)/t10-/m0/s1. The highest BCUT2D eigenvalue weighted by Crippen LogP contribution is 2.15. The maximum absolute atomic E-state index is 13.0. The van der Waals surface area contributed by atoms with Crippen LogP contribution in [0.25, 0.3) is 0 Å². The number of anilines is 1. The highest BCUT2D eigenvalue weighted by atomic mass is 19.1. The molecule has 0 aromatic heterocycles. The molecule has 98 valence electrons. The summed E-state index contributed by atoms with van der Waals surface area (Å²) in [7, 11) is 0. The minimum absolute atomic E-state index is 0.0278. The molecule has 2 aromatic carbocycles. The van der Waals surface area contributed by atoms with Crippen molar-refractivity contribution in [3.05, 3.63) is 65.5 Å². The fourth-order valence-electron chi connectivity index (χ4n) is 1.79. The van der Waals surface area contributed by atoms with Gasteiger partial charge in [0, 0.05) is 5.56 Å². The number of rotatable bonds is 3. The van der Waals surface area contributed by atoms with Gasteiger partial charge in [-0.15, -0.1) is 0 Å². The van der Waals surface area contributed by atoms with Crippen molar-refractivity contribution >= 4 is 11.6 Å². The summed E-state index contributed by atoms with van der Waals surface area (Å²) < 4.78 is 13.0. The van der Waals surface area contributed by atoms with Gasteiger partial charge in [-0.2, -0.15) is 0 Å². The van der Waals surface area contributed by atoms with Gasteiger partial charge < -0.3 is 11.1 Å². The molecule has 1 amide bonds. The lowest BCUT2D eigenvalue weighted by Crippen LogP contribution is -2.26. The first-order valence-corrected chi connectivity index (χ1v) is 5.99. The van der Waals surface area contributed by atoms with Crippen LogP contribution in [0.4, 0.5) is 10.1 Å². The number of halogens is 1. The molecule has 1 atom stereocenters. The summed E-state index contributed by atoms with van der Waals surface area (Å²) >= 11 is 0. The molecule has 19 heavy (non-hydrogen) atoms. The number of hydrogen-bond donors (Lipinski definition) is 2. The molecule has 0 aliphatic rings. The van der Waals surface area contributed by atoms with Crippen LogP contribution in [0.1, 0.15) is 28.9 Å². The van der Waals surface area contributed by atoms with E-state index in [-0.39, 0.29) is 17.6 Å². The molecule has 0 radical (unpaired) electrons. The molecule has 0 bridgehead atoms. The highest BCUT2D eigenvalue weighted by Gasteiger charge is 2.12. The minimum atomic E-state index is -0.521. The van der Waals surface area contributed by atoms with Crippen LogP contribution in [0.5, 0.6) is 0 Å². The second-order valence-electron chi connectivity index (χ2n) is 4.34. The van der Waals surface area contributed by atoms with Crippen molar-refractivity contribution in [2.45, 2.75) is 13.0 Å². The van der Waals surface area contributed by atoms with Crippen molar-refractivity contribution in [3.63, 3.8) is 0 Å². The van der Waals surface area contributed by atoms with Crippen LogP contribution in [0, 0.1) is 5.82 Å². The molecule has 3 N–H and O–H groups in total. The Kier molecular flexibility index (Phi) is 3.80. The van der Waals surface area contributed by atoms with E-state index >= 15 is 0 Å². The Balaban J connectivity index is 2.11. The second kappa shape index (κ2) is 5.52. The second-order valence-corrected chi connectivity index (χ2v) is 4.34. The topological polar surface area (TPSA) is 55.1 Å². The van der Waals surface area contributed by atoms with E-state index in [0.29, 0.717) is 5.56 Å². The fourth-order valence-corrected chi connectivity index (χ4v) is 1.79. The maximum atomic E-state index is 13.0. The molecular formula is C15H15FN2O. The van der Waals surface area contributed by atoms with E-state index in [0.717, 1.165) is 5.56 Å². The van der Waals surface area contributed by atoms with Crippen LogP contribution in [0.3, 0.4) is 0 Å². The first-order chi connectivity index (χ1) is 9.08. The molecule has 2 aromatic rings. The predicted molar refractivity (Wildman–Crippen MR) is 73.1 cm³/mol. The summed E-state index contributed by atoms with van der Waals surface area (Å²) in [5.74, 6) is -0.796. The Labute approximate surface area is 111 Å². The van der Waals surface area contributed by atoms with Gasteiger partial charge in [0.05, 0.1) is 11.7 Å². The molecule has 2 rings (SSSR count). The normalized spacial score (nSPS) is 11.9. The van der Waals surface area contributed by atoms with Gasteiger partial charge >= 0.3 is 0 Å². The van der Waals surface area contributed by atoms with Gasteiger partial charge in [0.25, 0.3) is 5.91 Å². The Bertz CT molecular complexity index is 584. The quantitative estimate of drug-likeness (QED) is 0.832. The zero-order valence-electron chi connectivity index (χ0n) is 10.6. The number of carbonyl (C=O) groups is 1. The first kappa shape index (κ1) is 13.1. The maximum Gasteiger partial charge on any atom is 0.251 e. The number of benzene rings is 2. The lowest BCUT2D eigenvalue weighted by molar-refractivity contribution is 0.0940. The van der Waals surface area contributed by atoms with E-state index in [9.17, 15) is 9.18 Å². The summed E-state index contributed by atoms with van der Waals surface area (Å²) in [5.41, 5.74) is 6.77. The molecule has 0 aliphatic heterocycles. The van der Waals surface area contributed by atoms with Crippen LogP contribution in [0.15, 0.2) is 48.5 Å². The van der Waals surface area contributed by atoms with E-state index in [2.05, 4.69) is 5.32 Å². The lowest BCUT2D eigenvalue weighted by atomic mass is 10.1. The number of nitrogens with two attached hydrogens (primary N) is 1. The third-order valence-corrected chi connectivity index (χ3v) is 2.91. The largest absolute Gasteiger partial charge is 0.396 e. The molecule has 0 aliphatic carbocycles. The Hall–Kier alpha value is -2.36. The van der Waals surface area contributed by atoms with Gasteiger partial charge in [-0.25, -0.2) is 4.39 Å². The summed E-state index contributed by atoms with van der Waals surface area (Å²) in [6, 6.07) is 13.4. The summed E-state index contributed by atoms with van der Waals surface area (Å²) in [6.45, 7) is 1.89. The summed E-state index contributed by atoms with van der Waals surface area (Å²) in [5, 5.41) is 2.84. The van der Waals surface area contributed by atoms with E-state index in [4.69, 9.17) is 5.73 Å². The van der Waals surface area contributed by atoms with Gasteiger partial charge in [0.1, 0.15) is 5.82 Å². The van der Waals surface area contributed by atoms with Crippen molar-refractivity contribution in [1.29, 1.82) is 0 Å². The number of nitrogens with one attached hydrogen (secondary N) is 1. The van der Waals surface area contributed by atoms with Gasteiger partial charge in [-0.1, -0.05) is 30.3 Å². The average Bonchev–Trinajstić information content (AvgIpc) is 2.42.